The molecule has 0 aliphatic rings. The zero-order chi connectivity index (χ0) is 17.7. The minimum absolute atomic E-state index is 0.192. The monoisotopic (exact) mass is 344 g/mol. The van der Waals surface area contributed by atoms with Gasteiger partial charge in [0.25, 0.3) is 15.9 Å². The van der Waals surface area contributed by atoms with Gasteiger partial charge < -0.3 is 4.42 Å². The van der Waals surface area contributed by atoms with Gasteiger partial charge in [-0.2, -0.15) is 5.26 Å². The normalized spacial score (nSPS) is 11.6. The van der Waals surface area contributed by atoms with Crippen molar-refractivity contribution in [2.24, 2.45) is 0 Å². The average Bonchev–Trinajstić information content (AvgIpc) is 3.05. The van der Waals surface area contributed by atoms with Gasteiger partial charge in [-0.1, -0.05) is 12.1 Å². The molecule has 0 saturated heterocycles. The second kappa shape index (κ2) is 6.93. The van der Waals surface area contributed by atoms with E-state index in [9.17, 15) is 18.0 Å². The van der Waals surface area contributed by atoms with E-state index in [0.717, 1.165) is 12.1 Å². The Balaban J connectivity index is 2.28. The van der Waals surface area contributed by atoms with Gasteiger partial charge in [-0.05, 0) is 31.2 Å². The molecule has 24 heavy (non-hydrogen) atoms. The highest BCUT2D eigenvalue weighted by atomic mass is 32.2. The quantitative estimate of drug-likeness (QED) is 0.503. The molecule has 2 rings (SSSR count). The van der Waals surface area contributed by atoms with E-state index in [1.165, 1.54) is 37.5 Å². The van der Waals surface area contributed by atoms with E-state index in [-0.39, 0.29) is 22.0 Å². The van der Waals surface area contributed by atoms with Crippen molar-refractivity contribution in [2.75, 3.05) is 0 Å². The van der Waals surface area contributed by atoms with E-state index in [4.69, 9.17) is 9.68 Å². The molecule has 7 nitrogen and oxygen atoms in total. The van der Waals surface area contributed by atoms with E-state index in [2.05, 4.69) is 0 Å². The summed E-state index contributed by atoms with van der Waals surface area (Å²) in [5, 5.41) is 9.02. The molecule has 0 spiro atoms. The van der Waals surface area contributed by atoms with Gasteiger partial charge in [0.15, 0.2) is 5.78 Å². The number of hydrogen-bond acceptors (Lipinski definition) is 6. The van der Waals surface area contributed by atoms with Gasteiger partial charge in [0, 0.05) is 11.6 Å². The van der Waals surface area contributed by atoms with Gasteiger partial charge >= 0.3 is 0 Å². The van der Waals surface area contributed by atoms with E-state index in [1.807, 2.05) is 0 Å². The lowest BCUT2D eigenvalue weighted by molar-refractivity contribution is -0.115. The van der Waals surface area contributed by atoms with Crippen molar-refractivity contribution >= 4 is 27.8 Å². The molecule has 0 atom stereocenters. The maximum atomic E-state index is 12.2. The number of nitriles is 1. The van der Waals surface area contributed by atoms with Crippen molar-refractivity contribution in [3.05, 3.63) is 59.6 Å². The molecule has 0 bridgehead atoms. The maximum Gasteiger partial charge on any atom is 0.275 e. The summed E-state index contributed by atoms with van der Waals surface area (Å²) >= 11 is 0. The summed E-state index contributed by atoms with van der Waals surface area (Å²) in [6.07, 6.45) is 2.47. The highest BCUT2D eigenvalue weighted by molar-refractivity contribution is 7.90. The van der Waals surface area contributed by atoms with Crippen LogP contribution in [0.2, 0.25) is 0 Å². The molecule has 0 aliphatic heterocycles. The largest absolute Gasteiger partial charge is 0.465 e. The van der Waals surface area contributed by atoms with Crippen LogP contribution in [0.5, 0.6) is 0 Å². The first kappa shape index (κ1) is 17.2. The predicted molar refractivity (Wildman–Crippen MR) is 84.1 cm³/mol. The lowest BCUT2D eigenvalue weighted by atomic mass is 10.2. The fourth-order valence-electron chi connectivity index (χ4n) is 1.78. The van der Waals surface area contributed by atoms with Crippen molar-refractivity contribution in [3.63, 3.8) is 0 Å². The van der Waals surface area contributed by atoms with Crippen LogP contribution in [0.1, 0.15) is 23.0 Å². The number of benzene rings is 1. The number of rotatable bonds is 5. The van der Waals surface area contributed by atoms with Gasteiger partial charge in [0.1, 0.15) is 17.4 Å². The molecule has 0 aliphatic carbocycles. The molecule has 0 fully saturated rings. The number of ketones is 1. The summed E-state index contributed by atoms with van der Waals surface area (Å²) in [6.45, 7) is 1.30. The number of amides is 1. The van der Waals surface area contributed by atoms with Crippen LogP contribution in [0.25, 0.3) is 6.08 Å². The molecular weight excluding hydrogens is 332 g/mol. The van der Waals surface area contributed by atoms with Gasteiger partial charge in [0.05, 0.1) is 11.2 Å². The molecule has 1 aromatic heterocycles. The van der Waals surface area contributed by atoms with Crippen LogP contribution in [-0.4, -0.2) is 20.1 Å². The Bertz CT molecular complexity index is 951. The van der Waals surface area contributed by atoms with Crippen LogP contribution in [-0.2, 0) is 14.8 Å². The third kappa shape index (κ3) is 3.97. The number of nitrogens with one attached hydrogen (secondary N) is 1. The van der Waals surface area contributed by atoms with Gasteiger partial charge in [-0.25, -0.2) is 13.1 Å². The molecule has 1 heterocycles. The number of Topliss-reactive ketones (excluding diaryl/α,β-unsaturated/α-hetero) is 1. The van der Waals surface area contributed by atoms with Gasteiger partial charge in [0.2, 0.25) is 0 Å². The van der Waals surface area contributed by atoms with Crippen molar-refractivity contribution in [2.45, 2.75) is 11.8 Å². The van der Waals surface area contributed by atoms with Crippen molar-refractivity contribution < 1.29 is 22.4 Å². The minimum Gasteiger partial charge on any atom is -0.465 e. The highest BCUT2D eigenvalue weighted by Gasteiger charge is 2.21. The first-order valence-corrected chi connectivity index (χ1v) is 8.15. The van der Waals surface area contributed by atoms with Crippen LogP contribution in [0.15, 0.2) is 57.5 Å². The molecule has 2 aromatic rings. The molecule has 1 aromatic carbocycles. The smallest absolute Gasteiger partial charge is 0.275 e. The third-order valence-corrected chi connectivity index (χ3v) is 4.30. The summed E-state index contributed by atoms with van der Waals surface area (Å²) in [6, 6.07) is 9.92. The van der Waals surface area contributed by atoms with Crippen molar-refractivity contribution in [1.29, 1.82) is 5.26 Å². The van der Waals surface area contributed by atoms with Crippen molar-refractivity contribution in [1.82, 2.24) is 4.72 Å². The van der Waals surface area contributed by atoms with Crippen LogP contribution >= 0.6 is 0 Å². The van der Waals surface area contributed by atoms with E-state index >= 15 is 0 Å². The second-order valence-corrected chi connectivity index (χ2v) is 6.39. The fourth-order valence-corrected chi connectivity index (χ4v) is 2.79. The highest BCUT2D eigenvalue weighted by Crippen LogP contribution is 2.13. The summed E-state index contributed by atoms with van der Waals surface area (Å²) in [4.78, 5) is 23.1. The van der Waals surface area contributed by atoms with Crippen molar-refractivity contribution in [3.8, 4) is 6.07 Å². The fraction of sp³-hybridized carbons (Fsp3) is 0.0625. The number of carbonyl (C=O) groups is 2. The van der Waals surface area contributed by atoms with Gasteiger partial charge in [-0.3, -0.25) is 9.59 Å². The molecular formula is C16H12N2O5S. The Morgan fingerprint density at radius 1 is 1.25 bits per heavy atom. The Morgan fingerprint density at radius 2 is 2.00 bits per heavy atom. The van der Waals surface area contributed by atoms with E-state index in [0.29, 0.717) is 0 Å². The lowest BCUT2D eigenvalue weighted by Gasteiger charge is -2.07. The van der Waals surface area contributed by atoms with Crippen LogP contribution < -0.4 is 4.72 Å². The zero-order valence-corrected chi connectivity index (χ0v) is 13.3. The number of carbonyl (C=O) groups excluding carboxylic acids is 2. The number of sulfonamides is 1. The Labute approximate surface area is 138 Å². The number of hydrogen-bond donors (Lipinski definition) is 1. The zero-order valence-electron chi connectivity index (χ0n) is 12.5. The molecule has 0 saturated carbocycles. The topological polar surface area (TPSA) is 117 Å². The van der Waals surface area contributed by atoms with E-state index in [1.54, 1.807) is 16.9 Å². The van der Waals surface area contributed by atoms with E-state index < -0.39 is 21.5 Å². The summed E-state index contributed by atoms with van der Waals surface area (Å²) < 4.78 is 31.2. The lowest BCUT2D eigenvalue weighted by Crippen LogP contribution is -2.31. The standard InChI is InChI=1S/C16H12N2O5S/c1-11(19)12-4-2-6-15(9-12)24(21,22)18-16(20)13(10-17)8-14-5-3-7-23-14/h2-9H,1H3,(H,18,20)/b13-8+. The summed E-state index contributed by atoms with van der Waals surface area (Å²) in [7, 11) is -4.22. The van der Waals surface area contributed by atoms with Crippen LogP contribution in [0.4, 0.5) is 0 Å². The Morgan fingerprint density at radius 3 is 2.58 bits per heavy atom. The summed E-state index contributed by atoms with van der Waals surface area (Å²) in [5.41, 5.74) is -0.242. The molecule has 122 valence electrons. The average molecular weight is 344 g/mol. The molecule has 0 unspecified atom stereocenters. The van der Waals surface area contributed by atoms with Crippen LogP contribution in [0.3, 0.4) is 0 Å². The predicted octanol–water partition coefficient (Wildman–Crippen LogP) is 1.89. The van der Waals surface area contributed by atoms with Gasteiger partial charge in [-0.15, -0.1) is 0 Å². The molecule has 1 N–H and O–H groups in total. The molecule has 0 radical (unpaired) electrons. The number of nitrogens with zero attached hydrogens (tertiary/aromatic N) is 1. The summed E-state index contributed by atoms with van der Waals surface area (Å²) in [5.74, 6) is -1.17. The first-order valence-electron chi connectivity index (χ1n) is 6.67. The minimum atomic E-state index is -4.22. The maximum absolute atomic E-state index is 12.2. The SMILES string of the molecule is CC(=O)c1cccc(S(=O)(=O)NC(=O)/C(C#N)=C/c2ccco2)c1. The molecule has 1 amide bonds. The first-order chi connectivity index (χ1) is 11.3. The Hall–Kier alpha value is -3.18. The number of furan rings is 1. The van der Waals surface area contributed by atoms with Crippen LogP contribution in [0, 0.1) is 11.3 Å². The Kier molecular flexibility index (Phi) is 4.96. The second-order valence-electron chi connectivity index (χ2n) is 4.70. The molecule has 8 heteroatoms. The third-order valence-electron chi connectivity index (χ3n) is 2.97.